The van der Waals surface area contributed by atoms with Crippen molar-refractivity contribution in [2.24, 2.45) is 7.05 Å². The van der Waals surface area contributed by atoms with Gasteiger partial charge in [-0.15, -0.1) is 0 Å². The molecule has 0 amide bonds. The zero-order valence-corrected chi connectivity index (χ0v) is 23.9. The van der Waals surface area contributed by atoms with Crippen LogP contribution < -0.4 is 9.47 Å². The van der Waals surface area contributed by atoms with E-state index >= 15 is 4.39 Å². The Hall–Kier alpha value is -4.86. The summed E-state index contributed by atoms with van der Waals surface area (Å²) in [7, 11) is 4.59. The summed E-state index contributed by atoms with van der Waals surface area (Å²) in [6, 6.07) is 13.7. The smallest absolute Gasteiger partial charge is 0.339 e. The van der Waals surface area contributed by atoms with Crippen molar-refractivity contribution in [2.75, 3.05) is 14.2 Å². The average molecular weight is 576 g/mol. The molecule has 0 radical (unpaired) electrons. The monoisotopic (exact) mass is 575 g/mol. The second-order valence-electron chi connectivity index (χ2n) is 10.8. The van der Waals surface area contributed by atoms with Crippen molar-refractivity contribution >= 4 is 16.9 Å². The number of phenols is 1. The maximum Gasteiger partial charge on any atom is 0.339 e. The molecule has 8 nitrogen and oxygen atoms in total. The number of rotatable bonds is 9. The van der Waals surface area contributed by atoms with Crippen LogP contribution in [-0.2, 0) is 18.9 Å². The molecule has 0 spiro atoms. The van der Waals surface area contributed by atoms with E-state index in [1.165, 1.54) is 32.4 Å². The standard InChI is InChI=1S/C32H31F2N3O5/c1-32(2,14-12-19-13-15-36(3)35-19)30-27(18-6-8-21(31(39)40)25(16-18)41-4)28-24(11-10-23(34)29(28)38)37(30)20-7-9-22(33)26(17-20)42-5/h6-11,13,15-17,38H,12,14H2,1-5H3,(H,39,40). The topological polar surface area (TPSA) is 98.7 Å². The van der Waals surface area contributed by atoms with Gasteiger partial charge in [-0.2, -0.15) is 5.10 Å². The number of hydrogen-bond acceptors (Lipinski definition) is 5. The highest BCUT2D eigenvalue weighted by atomic mass is 19.1. The van der Waals surface area contributed by atoms with Crippen molar-refractivity contribution in [1.29, 1.82) is 0 Å². The Balaban J connectivity index is 1.88. The third-order valence-electron chi connectivity index (χ3n) is 7.59. The molecule has 10 heteroatoms. The minimum atomic E-state index is -1.16. The third kappa shape index (κ3) is 4.93. The predicted molar refractivity (Wildman–Crippen MR) is 155 cm³/mol. The molecule has 0 aliphatic heterocycles. The lowest BCUT2D eigenvalue weighted by Gasteiger charge is -2.29. The lowest BCUT2D eigenvalue weighted by atomic mass is 9.80. The summed E-state index contributed by atoms with van der Waals surface area (Å²) in [6.07, 6.45) is 3.08. The van der Waals surface area contributed by atoms with E-state index < -0.39 is 28.8 Å². The SMILES string of the molecule is COc1cc(-n2c(C(C)(C)CCc3ccn(C)n3)c(-c3ccc(C(=O)O)c(OC)c3)c3c(O)c(F)ccc32)ccc1F. The molecule has 0 bridgehead atoms. The number of aromatic hydroxyl groups is 1. The number of benzene rings is 3. The zero-order valence-electron chi connectivity index (χ0n) is 23.9. The normalized spacial score (nSPS) is 11.7. The first-order valence-electron chi connectivity index (χ1n) is 13.3. The fraction of sp³-hybridized carbons (Fsp3) is 0.250. The summed E-state index contributed by atoms with van der Waals surface area (Å²) >= 11 is 0. The number of halogens is 2. The number of phenolic OH excluding ortho intramolecular Hbond substituents is 1. The fourth-order valence-corrected chi connectivity index (χ4v) is 5.50. The van der Waals surface area contributed by atoms with Gasteiger partial charge in [0, 0.05) is 41.7 Å². The fourth-order valence-electron chi connectivity index (χ4n) is 5.50. The number of fused-ring (bicyclic) bond motifs is 1. The van der Waals surface area contributed by atoms with Gasteiger partial charge in [0.25, 0.3) is 0 Å². The Morgan fingerprint density at radius 1 is 0.976 bits per heavy atom. The van der Waals surface area contributed by atoms with Gasteiger partial charge >= 0.3 is 5.97 Å². The van der Waals surface area contributed by atoms with Crippen LogP contribution in [0.15, 0.2) is 60.8 Å². The summed E-state index contributed by atoms with van der Waals surface area (Å²) in [4.78, 5) is 11.8. The first kappa shape index (κ1) is 28.7. The van der Waals surface area contributed by atoms with Crippen LogP contribution in [0.1, 0.15) is 42.0 Å². The Labute approximate surface area is 241 Å². The van der Waals surface area contributed by atoms with E-state index in [1.54, 1.807) is 35.0 Å². The predicted octanol–water partition coefficient (Wildman–Crippen LogP) is 6.64. The van der Waals surface area contributed by atoms with Gasteiger partial charge in [-0.25, -0.2) is 13.6 Å². The molecular formula is C32H31F2N3O5. The first-order valence-corrected chi connectivity index (χ1v) is 13.3. The molecule has 0 saturated heterocycles. The van der Waals surface area contributed by atoms with Crippen LogP contribution in [-0.4, -0.2) is 44.7 Å². The summed E-state index contributed by atoms with van der Waals surface area (Å²) in [5.41, 5.74) is 2.90. The lowest BCUT2D eigenvalue weighted by molar-refractivity contribution is 0.0693. The van der Waals surface area contributed by atoms with Crippen LogP contribution in [0.25, 0.3) is 27.7 Å². The largest absolute Gasteiger partial charge is 0.504 e. The quantitative estimate of drug-likeness (QED) is 0.204. The van der Waals surface area contributed by atoms with Gasteiger partial charge < -0.3 is 24.3 Å². The number of aryl methyl sites for hydroxylation is 2. The van der Waals surface area contributed by atoms with Crippen molar-refractivity contribution in [1.82, 2.24) is 14.3 Å². The van der Waals surface area contributed by atoms with Gasteiger partial charge in [-0.05, 0) is 60.9 Å². The Bertz CT molecular complexity index is 1820. The number of methoxy groups -OCH3 is 2. The summed E-state index contributed by atoms with van der Waals surface area (Å²) < 4.78 is 43.8. The highest BCUT2D eigenvalue weighted by molar-refractivity contribution is 6.04. The molecule has 218 valence electrons. The maximum absolute atomic E-state index is 15.0. The molecule has 5 rings (SSSR count). The van der Waals surface area contributed by atoms with Gasteiger partial charge in [0.05, 0.1) is 30.8 Å². The number of hydrogen-bond donors (Lipinski definition) is 2. The van der Waals surface area contributed by atoms with Crippen LogP contribution in [0, 0.1) is 11.6 Å². The Kier molecular flexibility index (Phi) is 7.40. The molecule has 0 saturated carbocycles. The molecule has 0 aliphatic carbocycles. The molecule has 2 aromatic heterocycles. The number of aromatic nitrogens is 3. The van der Waals surface area contributed by atoms with Crippen LogP contribution >= 0.6 is 0 Å². The van der Waals surface area contributed by atoms with Crippen LogP contribution in [0.3, 0.4) is 0 Å². The molecule has 0 atom stereocenters. The highest BCUT2D eigenvalue weighted by Crippen LogP contribution is 2.48. The second-order valence-corrected chi connectivity index (χ2v) is 10.8. The van der Waals surface area contributed by atoms with Crippen molar-refractivity contribution in [2.45, 2.75) is 32.1 Å². The van der Waals surface area contributed by atoms with Crippen LogP contribution in [0.2, 0.25) is 0 Å². The van der Waals surface area contributed by atoms with Crippen LogP contribution in [0.5, 0.6) is 17.2 Å². The lowest BCUT2D eigenvalue weighted by Crippen LogP contribution is -2.23. The molecule has 0 aliphatic rings. The molecular weight excluding hydrogens is 544 g/mol. The van der Waals surface area contributed by atoms with E-state index in [2.05, 4.69) is 5.10 Å². The summed E-state index contributed by atoms with van der Waals surface area (Å²) in [5.74, 6) is -2.95. The number of nitrogens with zero attached hydrogens (tertiary/aromatic N) is 3. The number of carboxylic acid groups (broad SMARTS) is 1. The second kappa shape index (κ2) is 10.8. The van der Waals surface area contributed by atoms with Crippen molar-refractivity contribution in [3.8, 4) is 34.1 Å². The average Bonchev–Trinajstić information content (AvgIpc) is 3.55. The van der Waals surface area contributed by atoms with Gasteiger partial charge in [0.2, 0.25) is 0 Å². The van der Waals surface area contributed by atoms with E-state index in [9.17, 15) is 19.4 Å². The first-order chi connectivity index (χ1) is 20.0. The van der Waals surface area contributed by atoms with E-state index in [0.29, 0.717) is 40.9 Å². The number of ether oxygens (including phenoxy) is 2. The van der Waals surface area contributed by atoms with E-state index in [0.717, 1.165) is 5.69 Å². The van der Waals surface area contributed by atoms with Gasteiger partial charge in [-0.3, -0.25) is 4.68 Å². The van der Waals surface area contributed by atoms with E-state index in [1.807, 2.05) is 37.7 Å². The molecule has 3 aromatic carbocycles. The van der Waals surface area contributed by atoms with Gasteiger partial charge in [-0.1, -0.05) is 19.9 Å². The molecule has 5 aromatic rings. The number of carboxylic acids is 1. The molecule has 0 fully saturated rings. The maximum atomic E-state index is 15.0. The highest BCUT2D eigenvalue weighted by Gasteiger charge is 2.34. The van der Waals surface area contributed by atoms with Gasteiger partial charge in [0.1, 0.15) is 11.3 Å². The van der Waals surface area contributed by atoms with E-state index in [-0.39, 0.29) is 22.4 Å². The summed E-state index contributed by atoms with van der Waals surface area (Å²) in [6.45, 7) is 4.06. The van der Waals surface area contributed by atoms with Crippen molar-refractivity contribution < 1.29 is 33.3 Å². The number of carbonyl (C=O) groups is 1. The third-order valence-corrected chi connectivity index (χ3v) is 7.59. The summed E-state index contributed by atoms with van der Waals surface area (Å²) in [5, 5.41) is 25.6. The molecule has 2 heterocycles. The molecule has 2 N–H and O–H groups in total. The van der Waals surface area contributed by atoms with Gasteiger partial charge in [0.15, 0.2) is 23.1 Å². The van der Waals surface area contributed by atoms with Crippen molar-refractivity contribution in [3.63, 3.8) is 0 Å². The van der Waals surface area contributed by atoms with Crippen LogP contribution in [0.4, 0.5) is 8.78 Å². The Morgan fingerprint density at radius 2 is 1.69 bits per heavy atom. The molecule has 0 unspecified atom stereocenters. The minimum absolute atomic E-state index is 0.0203. The minimum Gasteiger partial charge on any atom is -0.504 e. The van der Waals surface area contributed by atoms with E-state index in [4.69, 9.17) is 9.47 Å². The zero-order chi connectivity index (χ0) is 30.3. The number of aromatic carboxylic acids is 1. The van der Waals surface area contributed by atoms with Crippen molar-refractivity contribution in [3.05, 3.63) is 89.4 Å². The Morgan fingerprint density at radius 3 is 2.33 bits per heavy atom. The molecule has 42 heavy (non-hydrogen) atoms.